The van der Waals surface area contributed by atoms with Crippen LogP contribution in [0.2, 0.25) is 0 Å². The minimum Gasteiger partial charge on any atom is -0.369 e. The molecular weight excluding hydrogens is 150 g/mol. The van der Waals surface area contributed by atoms with Gasteiger partial charge in [0.1, 0.15) is 0 Å². The maximum Gasteiger partial charge on any atom is 0.200 e. The number of anilines is 1. The monoisotopic (exact) mass is 165 g/mol. The zero-order chi connectivity index (χ0) is 8.55. The van der Waals surface area contributed by atoms with E-state index in [0.717, 1.165) is 18.2 Å². The van der Waals surface area contributed by atoms with Gasteiger partial charge in [0.15, 0.2) is 5.95 Å². The largest absolute Gasteiger partial charge is 0.369 e. The molecule has 2 rings (SSSR count). The van der Waals surface area contributed by atoms with Gasteiger partial charge in [-0.1, -0.05) is 12.8 Å². The van der Waals surface area contributed by atoms with Gasteiger partial charge in [-0.05, 0) is 19.3 Å². The highest BCUT2D eigenvalue weighted by Gasteiger charge is 2.20. The zero-order valence-electron chi connectivity index (χ0n) is 7.45. The summed E-state index contributed by atoms with van der Waals surface area (Å²) in [6.07, 6.45) is 6.11. The first-order valence-electron chi connectivity index (χ1n) is 4.55. The number of imidazole rings is 1. The first-order chi connectivity index (χ1) is 5.75. The van der Waals surface area contributed by atoms with Gasteiger partial charge in [0.2, 0.25) is 0 Å². The highest BCUT2D eigenvalue weighted by molar-refractivity contribution is 5.20. The molecule has 66 valence electrons. The number of nitrogens with two attached hydrogens (primary N) is 1. The SMILES string of the molecule is Cc1cn(CCC2CC2)c(N)n1. The Balaban J connectivity index is 1.96. The lowest BCUT2D eigenvalue weighted by molar-refractivity contribution is 0.602. The van der Waals surface area contributed by atoms with Crippen LogP contribution in [0.25, 0.3) is 0 Å². The van der Waals surface area contributed by atoms with Gasteiger partial charge in [-0.15, -0.1) is 0 Å². The maximum atomic E-state index is 5.70. The van der Waals surface area contributed by atoms with Gasteiger partial charge in [0.05, 0.1) is 5.69 Å². The molecule has 0 aliphatic heterocycles. The Morgan fingerprint density at radius 2 is 2.42 bits per heavy atom. The minimum atomic E-state index is 0.660. The van der Waals surface area contributed by atoms with E-state index in [-0.39, 0.29) is 0 Å². The molecule has 1 fully saturated rings. The van der Waals surface area contributed by atoms with E-state index in [0.29, 0.717) is 5.95 Å². The van der Waals surface area contributed by atoms with E-state index in [2.05, 4.69) is 4.98 Å². The van der Waals surface area contributed by atoms with Gasteiger partial charge in [-0.2, -0.15) is 0 Å². The second-order valence-corrected chi connectivity index (χ2v) is 3.67. The molecule has 3 nitrogen and oxygen atoms in total. The Bertz CT molecular complexity index is 273. The number of aryl methyl sites for hydroxylation is 2. The summed E-state index contributed by atoms with van der Waals surface area (Å²) in [5.74, 6) is 1.63. The molecule has 0 unspecified atom stereocenters. The van der Waals surface area contributed by atoms with Crippen molar-refractivity contribution in [1.82, 2.24) is 9.55 Å². The Morgan fingerprint density at radius 1 is 1.67 bits per heavy atom. The van der Waals surface area contributed by atoms with Crippen LogP contribution in [0.5, 0.6) is 0 Å². The summed E-state index contributed by atoms with van der Waals surface area (Å²) < 4.78 is 2.05. The molecule has 1 aliphatic carbocycles. The molecule has 3 heteroatoms. The smallest absolute Gasteiger partial charge is 0.200 e. The third-order valence-electron chi connectivity index (χ3n) is 2.40. The summed E-state index contributed by atoms with van der Waals surface area (Å²) in [5, 5.41) is 0. The number of aromatic nitrogens is 2. The topological polar surface area (TPSA) is 43.8 Å². The van der Waals surface area contributed by atoms with Crippen molar-refractivity contribution in [3.63, 3.8) is 0 Å². The van der Waals surface area contributed by atoms with Crippen molar-refractivity contribution < 1.29 is 0 Å². The molecule has 1 aromatic heterocycles. The van der Waals surface area contributed by atoms with Crippen LogP contribution in [0.3, 0.4) is 0 Å². The Hall–Kier alpha value is -0.990. The number of hydrogen-bond donors (Lipinski definition) is 1. The minimum absolute atomic E-state index is 0.660. The molecule has 1 heterocycles. The highest BCUT2D eigenvalue weighted by Crippen LogP contribution is 2.32. The average Bonchev–Trinajstić information content (AvgIpc) is 2.76. The van der Waals surface area contributed by atoms with Crippen LogP contribution in [0.1, 0.15) is 25.0 Å². The Morgan fingerprint density at radius 3 is 2.92 bits per heavy atom. The van der Waals surface area contributed by atoms with Crippen molar-refractivity contribution in [1.29, 1.82) is 0 Å². The van der Waals surface area contributed by atoms with E-state index in [9.17, 15) is 0 Å². The molecule has 0 amide bonds. The van der Waals surface area contributed by atoms with Crippen molar-refractivity contribution >= 4 is 5.95 Å². The summed E-state index contributed by atoms with van der Waals surface area (Å²) >= 11 is 0. The summed E-state index contributed by atoms with van der Waals surface area (Å²) in [7, 11) is 0. The lowest BCUT2D eigenvalue weighted by atomic mass is 10.3. The molecule has 0 spiro atoms. The summed E-state index contributed by atoms with van der Waals surface area (Å²) in [5.41, 5.74) is 6.72. The Labute approximate surface area is 72.6 Å². The standard InChI is InChI=1S/C9H15N3/c1-7-6-12(9(10)11-7)5-4-8-2-3-8/h6,8H,2-5H2,1H3,(H2,10,11). The van der Waals surface area contributed by atoms with Crippen molar-refractivity contribution in [3.8, 4) is 0 Å². The van der Waals surface area contributed by atoms with Gasteiger partial charge in [0, 0.05) is 12.7 Å². The van der Waals surface area contributed by atoms with Crippen molar-refractivity contribution in [3.05, 3.63) is 11.9 Å². The van der Waals surface area contributed by atoms with Gasteiger partial charge in [0.25, 0.3) is 0 Å². The van der Waals surface area contributed by atoms with E-state index in [1.807, 2.05) is 17.7 Å². The molecule has 0 aromatic carbocycles. The number of nitrogens with zero attached hydrogens (tertiary/aromatic N) is 2. The third-order valence-corrected chi connectivity index (χ3v) is 2.40. The normalized spacial score (nSPS) is 16.8. The summed E-state index contributed by atoms with van der Waals surface area (Å²) in [4.78, 5) is 4.15. The quantitative estimate of drug-likeness (QED) is 0.738. The fourth-order valence-electron chi connectivity index (χ4n) is 1.47. The predicted octanol–water partition coefficient (Wildman–Crippen LogP) is 1.57. The van der Waals surface area contributed by atoms with Crippen LogP contribution in [-0.4, -0.2) is 9.55 Å². The van der Waals surface area contributed by atoms with Crippen LogP contribution < -0.4 is 5.73 Å². The van der Waals surface area contributed by atoms with Gasteiger partial charge < -0.3 is 10.3 Å². The molecule has 0 saturated heterocycles. The highest BCUT2D eigenvalue weighted by atomic mass is 15.1. The van der Waals surface area contributed by atoms with E-state index in [1.54, 1.807) is 0 Å². The molecule has 1 aromatic rings. The van der Waals surface area contributed by atoms with Crippen LogP contribution in [0, 0.1) is 12.8 Å². The predicted molar refractivity (Wildman–Crippen MR) is 48.7 cm³/mol. The average molecular weight is 165 g/mol. The van der Waals surface area contributed by atoms with E-state index >= 15 is 0 Å². The zero-order valence-corrected chi connectivity index (χ0v) is 7.45. The van der Waals surface area contributed by atoms with Gasteiger partial charge in [-0.25, -0.2) is 4.98 Å². The molecule has 0 atom stereocenters. The van der Waals surface area contributed by atoms with Gasteiger partial charge in [-0.3, -0.25) is 0 Å². The lowest BCUT2D eigenvalue weighted by Gasteiger charge is -2.01. The van der Waals surface area contributed by atoms with E-state index in [1.165, 1.54) is 19.3 Å². The maximum absolute atomic E-state index is 5.70. The molecule has 0 bridgehead atoms. The summed E-state index contributed by atoms with van der Waals surface area (Å²) in [6, 6.07) is 0. The molecule has 12 heavy (non-hydrogen) atoms. The molecule has 1 saturated carbocycles. The van der Waals surface area contributed by atoms with Crippen molar-refractivity contribution in [2.45, 2.75) is 32.7 Å². The molecule has 0 radical (unpaired) electrons. The number of hydrogen-bond acceptors (Lipinski definition) is 2. The van der Waals surface area contributed by atoms with Crippen LogP contribution >= 0.6 is 0 Å². The first kappa shape index (κ1) is 7.65. The van der Waals surface area contributed by atoms with E-state index in [4.69, 9.17) is 5.73 Å². The third kappa shape index (κ3) is 1.60. The Kier molecular flexibility index (Phi) is 1.79. The summed E-state index contributed by atoms with van der Waals surface area (Å²) in [6.45, 7) is 3.02. The molecular formula is C9H15N3. The lowest BCUT2D eigenvalue weighted by Crippen LogP contribution is -2.02. The number of rotatable bonds is 3. The van der Waals surface area contributed by atoms with Crippen LogP contribution in [-0.2, 0) is 6.54 Å². The second kappa shape index (κ2) is 2.81. The fraction of sp³-hybridized carbons (Fsp3) is 0.667. The van der Waals surface area contributed by atoms with E-state index < -0.39 is 0 Å². The first-order valence-corrected chi connectivity index (χ1v) is 4.55. The van der Waals surface area contributed by atoms with Gasteiger partial charge >= 0.3 is 0 Å². The second-order valence-electron chi connectivity index (χ2n) is 3.67. The molecule has 2 N–H and O–H groups in total. The van der Waals surface area contributed by atoms with Crippen LogP contribution in [0.4, 0.5) is 5.95 Å². The van der Waals surface area contributed by atoms with Crippen molar-refractivity contribution in [2.75, 3.05) is 5.73 Å². The van der Waals surface area contributed by atoms with Crippen LogP contribution in [0.15, 0.2) is 6.20 Å². The van der Waals surface area contributed by atoms with Crippen molar-refractivity contribution in [2.24, 2.45) is 5.92 Å². The number of nitrogen functional groups attached to an aromatic ring is 1. The fourth-order valence-corrected chi connectivity index (χ4v) is 1.47. The molecule has 1 aliphatic rings.